The molecular formula is C54H40N4O10S6. The van der Waals surface area contributed by atoms with Crippen molar-refractivity contribution in [2.45, 2.75) is 51.1 Å². The molecule has 4 aromatic carbocycles. The Balaban J connectivity index is 1.24. The first-order chi connectivity index (χ1) is 35.9. The van der Waals surface area contributed by atoms with Crippen molar-refractivity contribution in [3.8, 4) is 9.75 Å². The van der Waals surface area contributed by atoms with Crippen LogP contribution in [0.2, 0.25) is 0 Å². The highest BCUT2D eigenvalue weighted by atomic mass is 32.2. The molecule has 2 amide bonds. The van der Waals surface area contributed by atoms with Crippen LogP contribution in [0.3, 0.4) is 0 Å². The van der Waals surface area contributed by atoms with Crippen LogP contribution in [0.1, 0.15) is 57.7 Å². The Kier molecular flexibility index (Phi) is 14.4. The van der Waals surface area contributed by atoms with Crippen molar-refractivity contribution in [2.75, 3.05) is 13.1 Å². The lowest BCUT2D eigenvalue weighted by Crippen LogP contribution is -2.51. The molecule has 74 heavy (non-hydrogen) atoms. The predicted molar refractivity (Wildman–Crippen MR) is 293 cm³/mol. The smallest absolute Gasteiger partial charge is 0.334 e. The number of fused-ring (bicyclic) bond motifs is 5. The van der Waals surface area contributed by atoms with E-state index in [9.17, 15) is 9.59 Å². The summed E-state index contributed by atoms with van der Waals surface area (Å²) in [6, 6.07) is 36.8. The molecule has 20 heteroatoms. The van der Waals surface area contributed by atoms with E-state index in [1.807, 2.05) is 0 Å². The predicted octanol–water partition coefficient (Wildman–Crippen LogP) is 9.83. The second kappa shape index (κ2) is 21.1. The SMILES string of the molecule is CCN1C(=O)/C(=N/C2=Cc3sc4c(c3C2(C(=O)OCc2ccccc2)C(=O)OCc2ccccc2)C(C(=O)OCc2ccccc2)(C(=O)OCc2ccccc2)c2cc(/N=C3\SC(=S)N(CC)C3=O)sc2-4)SC1=S. The van der Waals surface area contributed by atoms with Gasteiger partial charge in [0.2, 0.25) is 10.8 Å². The van der Waals surface area contributed by atoms with Gasteiger partial charge in [0.1, 0.15) is 40.1 Å². The van der Waals surface area contributed by atoms with Gasteiger partial charge in [-0.15, -0.1) is 22.7 Å². The Morgan fingerprint density at radius 3 is 1.31 bits per heavy atom. The minimum Gasteiger partial charge on any atom is -0.459 e. The summed E-state index contributed by atoms with van der Waals surface area (Å²) in [5.74, 6) is -5.50. The minimum absolute atomic E-state index is 0.0711. The number of carbonyl (C=O) groups excluding carboxylic acids is 6. The van der Waals surface area contributed by atoms with Gasteiger partial charge in [-0.05, 0) is 71.8 Å². The molecule has 10 rings (SSSR count). The van der Waals surface area contributed by atoms with Gasteiger partial charge in [0.15, 0.2) is 10.1 Å². The number of hydrogen-bond donors (Lipinski definition) is 0. The number of nitrogens with zero attached hydrogens (tertiary/aromatic N) is 4. The molecular weight excluding hydrogens is 1060 g/mol. The normalized spacial score (nSPS) is 17.1. The molecule has 2 aromatic heterocycles. The molecule has 4 heterocycles. The average Bonchev–Trinajstić information content (AvgIpc) is 4.30. The van der Waals surface area contributed by atoms with Gasteiger partial charge in [0.05, 0.1) is 15.5 Å². The van der Waals surface area contributed by atoms with E-state index >= 15 is 19.2 Å². The van der Waals surface area contributed by atoms with Crippen molar-refractivity contribution in [1.82, 2.24) is 9.80 Å². The number of rotatable bonds is 16. The summed E-state index contributed by atoms with van der Waals surface area (Å²) in [5.41, 5.74) is -3.42. The first kappa shape index (κ1) is 50.6. The summed E-state index contributed by atoms with van der Waals surface area (Å²) in [6.45, 7) is 2.84. The molecule has 2 saturated heterocycles. The Morgan fingerprint density at radius 1 is 0.527 bits per heavy atom. The van der Waals surface area contributed by atoms with Crippen LogP contribution in [0.5, 0.6) is 0 Å². The van der Waals surface area contributed by atoms with Gasteiger partial charge >= 0.3 is 23.9 Å². The second-order valence-electron chi connectivity index (χ2n) is 16.8. The number of thioether (sulfide) groups is 2. The maximum Gasteiger partial charge on any atom is 0.334 e. The standard InChI is InChI=1S/C54H40N4O10S6/c1-3-57-45(59)43(73-51(57)69)55-37-26-36-39(54(37,49(63)67-29-33-21-13-7-14-22-33)50(64)68-30-34-23-15-8-16-24-34)40-42(71-36)41-35(25-38(72-41)56-44-46(60)58(4-2)52(70)74-44)53(40,47(61)65-27-31-17-9-5-10-18-31)48(62)66-28-32-19-11-6-12-20-32/h5-26H,3-4,27-30H2,1-2H3/b55-43-,56-44-. The topological polar surface area (TPSA) is 171 Å². The highest BCUT2D eigenvalue weighted by Crippen LogP contribution is 2.65. The molecule has 2 aliphatic carbocycles. The molecule has 0 radical (unpaired) electrons. The lowest BCUT2D eigenvalue weighted by atomic mass is 9.70. The average molecular weight is 1100 g/mol. The molecule has 0 N–H and O–H groups in total. The first-order valence-corrected chi connectivity index (χ1v) is 27.1. The molecule has 4 aliphatic rings. The maximum atomic E-state index is 15.9. The van der Waals surface area contributed by atoms with E-state index in [0.29, 0.717) is 42.9 Å². The largest absolute Gasteiger partial charge is 0.459 e. The zero-order valence-electron chi connectivity index (χ0n) is 39.3. The van der Waals surface area contributed by atoms with Crippen molar-refractivity contribution in [3.05, 3.63) is 177 Å². The van der Waals surface area contributed by atoms with E-state index in [4.69, 9.17) is 53.4 Å². The van der Waals surface area contributed by atoms with Crippen LogP contribution < -0.4 is 0 Å². The van der Waals surface area contributed by atoms with Crippen molar-refractivity contribution in [2.24, 2.45) is 9.98 Å². The van der Waals surface area contributed by atoms with Crippen LogP contribution in [0.25, 0.3) is 15.8 Å². The molecule has 0 atom stereocenters. The molecule has 372 valence electrons. The number of amides is 2. The number of hydrogen-bond acceptors (Lipinski definition) is 18. The molecule has 0 saturated carbocycles. The van der Waals surface area contributed by atoms with Crippen LogP contribution in [0.4, 0.5) is 5.00 Å². The summed E-state index contributed by atoms with van der Waals surface area (Å²) in [7, 11) is 0. The summed E-state index contributed by atoms with van der Waals surface area (Å²) in [5, 5.41) is 0.196. The van der Waals surface area contributed by atoms with E-state index in [-0.39, 0.29) is 79.6 Å². The minimum atomic E-state index is -2.72. The van der Waals surface area contributed by atoms with Crippen LogP contribution in [0.15, 0.2) is 143 Å². The highest BCUT2D eigenvalue weighted by Gasteiger charge is 2.68. The number of carbonyl (C=O) groups is 6. The number of thiophene rings is 2. The lowest BCUT2D eigenvalue weighted by Gasteiger charge is -2.32. The fraction of sp³-hybridized carbons (Fsp3) is 0.185. The Labute approximate surface area is 451 Å². The molecule has 0 spiro atoms. The maximum absolute atomic E-state index is 15.9. The number of ether oxygens (including phenoxy) is 4. The fourth-order valence-electron chi connectivity index (χ4n) is 8.92. The molecule has 2 aliphatic heterocycles. The van der Waals surface area contributed by atoms with Crippen molar-refractivity contribution in [1.29, 1.82) is 0 Å². The van der Waals surface area contributed by atoms with Crippen LogP contribution in [-0.4, -0.2) is 77.3 Å². The highest BCUT2D eigenvalue weighted by molar-refractivity contribution is 8.35. The van der Waals surface area contributed by atoms with E-state index in [0.717, 1.165) is 46.2 Å². The molecule has 14 nitrogen and oxygen atoms in total. The van der Waals surface area contributed by atoms with E-state index in [1.165, 1.54) is 21.9 Å². The van der Waals surface area contributed by atoms with E-state index in [2.05, 4.69) is 0 Å². The lowest BCUT2D eigenvalue weighted by molar-refractivity contribution is -0.167. The number of esters is 4. The third-order valence-electron chi connectivity index (χ3n) is 12.5. The van der Waals surface area contributed by atoms with Gasteiger partial charge in [-0.1, -0.05) is 146 Å². The van der Waals surface area contributed by atoms with Gasteiger partial charge in [-0.3, -0.25) is 38.6 Å². The molecule has 2 fully saturated rings. The van der Waals surface area contributed by atoms with Gasteiger partial charge < -0.3 is 18.9 Å². The van der Waals surface area contributed by atoms with Gasteiger partial charge in [-0.25, -0.2) is 9.98 Å². The second-order valence-corrected chi connectivity index (χ2v) is 22.1. The number of thiocarbonyl (C=S) groups is 2. The van der Waals surface area contributed by atoms with Crippen molar-refractivity contribution in [3.63, 3.8) is 0 Å². The quantitative estimate of drug-likeness (QED) is 0.0388. The molecule has 0 bridgehead atoms. The summed E-state index contributed by atoms with van der Waals surface area (Å²) < 4.78 is 25.3. The number of aliphatic imine (C=N–C) groups is 2. The zero-order valence-corrected chi connectivity index (χ0v) is 44.2. The van der Waals surface area contributed by atoms with Gasteiger partial charge in [0.25, 0.3) is 11.8 Å². The zero-order chi connectivity index (χ0) is 51.7. The third-order valence-corrected chi connectivity index (χ3v) is 17.5. The Hall–Kier alpha value is -6.94. The summed E-state index contributed by atoms with van der Waals surface area (Å²) >= 11 is 15.1. The van der Waals surface area contributed by atoms with E-state index < -0.39 is 46.5 Å². The molecule has 0 unspecified atom stereocenters. The summed E-state index contributed by atoms with van der Waals surface area (Å²) in [6.07, 6.45) is 1.47. The third kappa shape index (κ3) is 8.91. The Bertz CT molecular complexity index is 3280. The summed E-state index contributed by atoms with van der Waals surface area (Å²) in [4.78, 5) is 104. The van der Waals surface area contributed by atoms with Crippen molar-refractivity contribution >= 4 is 136 Å². The van der Waals surface area contributed by atoms with Gasteiger partial charge in [0, 0.05) is 34.7 Å². The van der Waals surface area contributed by atoms with Crippen molar-refractivity contribution < 1.29 is 47.7 Å². The van der Waals surface area contributed by atoms with Crippen LogP contribution in [0, 0.1) is 0 Å². The van der Waals surface area contributed by atoms with Gasteiger partial charge in [-0.2, -0.15) is 0 Å². The monoisotopic (exact) mass is 1100 g/mol. The molecule has 6 aromatic rings. The van der Waals surface area contributed by atoms with E-state index in [1.54, 1.807) is 135 Å². The van der Waals surface area contributed by atoms with Crippen LogP contribution >= 0.6 is 70.6 Å². The fourth-order valence-corrected chi connectivity index (χ4v) is 14.1. The van der Waals surface area contributed by atoms with Crippen LogP contribution in [-0.2, 0) is 85.0 Å². The first-order valence-electron chi connectivity index (χ1n) is 23.0. The number of benzene rings is 4. The Morgan fingerprint density at radius 2 is 0.919 bits per heavy atom.